The van der Waals surface area contributed by atoms with Crippen molar-refractivity contribution in [3.63, 3.8) is 0 Å². The summed E-state index contributed by atoms with van der Waals surface area (Å²) in [6.07, 6.45) is 37.8. The van der Waals surface area contributed by atoms with Gasteiger partial charge in [-0.15, -0.1) is 0 Å². The van der Waals surface area contributed by atoms with E-state index in [4.69, 9.17) is 52.1 Å². The van der Waals surface area contributed by atoms with Crippen molar-refractivity contribution in [1.29, 1.82) is 0 Å². The van der Waals surface area contributed by atoms with Crippen molar-refractivity contribution in [2.45, 2.75) is 320 Å². The number of carbonyl (C=O) groups excluding carboxylic acids is 11. The van der Waals surface area contributed by atoms with Gasteiger partial charge in [0.2, 0.25) is 0 Å². The predicted molar refractivity (Wildman–Crippen MR) is 587 cm³/mol. The Morgan fingerprint density at radius 1 is 0.188 bits per heavy atom. The molecular formula is C127H154O22. The summed E-state index contributed by atoms with van der Waals surface area (Å²) in [6.45, 7) is 5.53. The number of benzene rings is 8. The van der Waals surface area contributed by atoms with E-state index in [0.717, 1.165) is 129 Å². The first-order valence-electron chi connectivity index (χ1n) is 53.9. The molecule has 0 fully saturated rings. The van der Waals surface area contributed by atoms with Crippen molar-refractivity contribution in [2.75, 3.05) is 13.2 Å². The van der Waals surface area contributed by atoms with Crippen molar-refractivity contribution in [2.24, 2.45) is 0 Å². The Bertz CT molecular complexity index is 5390. The van der Waals surface area contributed by atoms with E-state index in [0.29, 0.717) is 121 Å². The van der Waals surface area contributed by atoms with Gasteiger partial charge in [-0.05, 0) is 189 Å². The van der Waals surface area contributed by atoms with Gasteiger partial charge in [0.1, 0.15) is 62.0 Å². The van der Waals surface area contributed by atoms with Crippen LogP contribution in [-0.4, -0.2) is 134 Å². The van der Waals surface area contributed by atoms with Crippen LogP contribution in [0.2, 0.25) is 0 Å². The second kappa shape index (κ2) is 75.5. The number of ether oxygens (including phenoxy) is 11. The maximum Gasteiger partial charge on any atom is 0.331 e. The highest BCUT2D eigenvalue weighted by Gasteiger charge is 2.38. The molecule has 0 saturated heterocycles. The summed E-state index contributed by atoms with van der Waals surface area (Å²) in [5.41, 5.74) is 6.22. The molecule has 8 aromatic carbocycles. The van der Waals surface area contributed by atoms with Crippen molar-refractivity contribution < 1.29 is 105 Å². The number of unbranched alkanes of at least 4 members (excludes halogenated alkanes) is 22. The fourth-order valence-electron chi connectivity index (χ4n) is 16.8. The molecule has 0 heterocycles. The lowest BCUT2D eigenvalue weighted by Gasteiger charge is -2.32. The molecule has 8 aromatic rings. The zero-order valence-corrected chi connectivity index (χ0v) is 87.3. The summed E-state index contributed by atoms with van der Waals surface area (Å²) in [7, 11) is 0. The Hall–Kier alpha value is -14.2. The molecule has 0 aliphatic rings. The highest BCUT2D eigenvalue weighted by Crippen LogP contribution is 2.30. The van der Waals surface area contributed by atoms with Gasteiger partial charge in [0.25, 0.3) is 0 Å². The molecule has 9 unspecified atom stereocenters. The number of hydrogen-bond acceptors (Lipinski definition) is 22. The van der Waals surface area contributed by atoms with Gasteiger partial charge in [-0.1, -0.05) is 385 Å². The van der Waals surface area contributed by atoms with E-state index >= 15 is 0 Å². The molecular weight excluding hydrogens is 1880 g/mol. The van der Waals surface area contributed by atoms with Crippen LogP contribution in [0.25, 0.3) is 48.6 Å². The lowest BCUT2D eigenvalue weighted by molar-refractivity contribution is -0.175. The van der Waals surface area contributed by atoms with Crippen LogP contribution in [-0.2, 0) is 105 Å². The highest BCUT2D eigenvalue weighted by molar-refractivity contribution is 5.92. The zero-order chi connectivity index (χ0) is 106. The first-order chi connectivity index (χ1) is 72.8. The third-order valence-corrected chi connectivity index (χ3v) is 25.0. The van der Waals surface area contributed by atoms with Crippen LogP contribution in [0.15, 0.2) is 291 Å². The van der Waals surface area contributed by atoms with E-state index in [1.165, 1.54) is 48.6 Å². The molecule has 794 valence electrons. The number of carbonyl (C=O) groups is 11. The third-order valence-electron chi connectivity index (χ3n) is 25.0. The summed E-state index contributed by atoms with van der Waals surface area (Å²) >= 11 is 0. The van der Waals surface area contributed by atoms with Crippen LogP contribution in [0.1, 0.15) is 309 Å². The molecule has 22 heteroatoms. The third kappa shape index (κ3) is 55.5. The van der Waals surface area contributed by atoms with Gasteiger partial charge in [-0.2, -0.15) is 0 Å². The zero-order valence-electron chi connectivity index (χ0n) is 87.3. The van der Waals surface area contributed by atoms with Crippen LogP contribution in [0, 0.1) is 0 Å². The molecule has 0 bridgehead atoms. The normalized spacial score (nSPS) is 13.4. The van der Waals surface area contributed by atoms with Crippen molar-refractivity contribution in [3.05, 3.63) is 336 Å². The van der Waals surface area contributed by atoms with Crippen molar-refractivity contribution in [1.82, 2.24) is 0 Å². The summed E-state index contributed by atoms with van der Waals surface area (Å²) in [4.78, 5) is 153. The minimum Gasteiger partial charge on any atom is -0.462 e. The number of hydrogen-bond donors (Lipinski definition) is 0. The second-order valence-corrected chi connectivity index (χ2v) is 37.3. The Kier molecular flexibility index (Phi) is 60.9. The van der Waals surface area contributed by atoms with Crippen LogP contribution < -0.4 is 0 Å². The molecule has 0 radical (unpaired) electrons. The number of rotatable bonds is 75. The fraction of sp³-hybridized carbons (Fsp3) is 0.409. The maximum atomic E-state index is 14.3. The maximum absolute atomic E-state index is 14.3. The Morgan fingerprint density at radius 2 is 0.349 bits per heavy atom. The summed E-state index contributed by atoms with van der Waals surface area (Å²) in [6, 6.07) is 74.4. The Balaban J connectivity index is 0.933. The van der Waals surface area contributed by atoms with Gasteiger partial charge >= 0.3 is 65.7 Å². The van der Waals surface area contributed by atoms with Gasteiger partial charge < -0.3 is 52.1 Å². The highest BCUT2D eigenvalue weighted by atomic mass is 16.6. The van der Waals surface area contributed by atoms with E-state index < -0.39 is 134 Å². The molecule has 0 amide bonds. The van der Waals surface area contributed by atoms with Crippen molar-refractivity contribution in [3.8, 4) is 0 Å². The van der Waals surface area contributed by atoms with Gasteiger partial charge in [0.05, 0.1) is 0 Å². The quantitative estimate of drug-likeness (QED) is 0.0148. The van der Waals surface area contributed by atoms with Gasteiger partial charge in [0, 0.05) is 74.3 Å². The molecule has 0 aliphatic heterocycles. The van der Waals surface area contributed by atoms with Crippen LogP contribution in [0.4, 0.5) is 0 Å². The fourth-order valence-corrected chi connectivity index (χ4v) is 16.8. The molecule has 8 rings (SSSR count). The average Bonchev–Trinajstić information content (AvgIpc) is 0.843. The van der Waals surface area contributed by atoms with E-state index in [1.807, 2.05) is 250 Å². The minimum absolute atomic E-state index is 0.00450. The van der Waals surface area contributed by atoms with Gasteiger partial charge in [-0.25, -0.2) is 38.4 Å². The van der Waals surface area contributed by atoms with Gasteiger partial charge in [-0.3, -0.25) is 14.4 Å². The smallest absolute Gasteiger partial charge is 0.331 e. The summed E-state index contributed by atoms with van der Waals surface area (Å²) < 4.78 is 67.6. The van der Waals surface area contributed by atoms with Crippen molar-refractivity contribution >= 4 is 114 Å². The Labute approximate surface area is 882 Å². The largest absolute Gasteiger partial charge is 0.462 e. The first kappa shape index (κ1) is 120. The molecule has 0 spiro atoms. The lowest BCUT2D eigenvalue weighted by Crippen LogP contribution is -2.43. The van der Waals surface area contributed by atoms with Crippen LogP contribution >= 0.6 is 0 Å². The summed E-state index contributed by atoms with van der Waals surface area (Å²) in [5.74, 6) is -6.88. The molecule has 9 atom stereocenters. The predicted octanol–water partition coefficient (Wildman–Crippen LogP) is 27.9. The molecule has 22 nitrogen and oxygen atoms in total. The van der Waals surface area contributed by atoms with E-state index in [1.54, 1.807) is 48.6 Å². The topological polar surface area (TPSA) is 289 Å². The van der Waals surface area contributed by atoms with Crippen LogP contribution in [0.3, 0.4) is 0 Å². The molecule has 149 heavy (non-hydrogen) atoms. The molecule has 0 aromatic heterocycles. The van der Waals surface area contributed by atoms with E-state index in [2.05, 4.69) is 13.8 Å². The molecule has 0 aliphatic carbocycles. The lowest BCUT2D eigenvalue weighted by atomic mass is 9.95. The van der Waals surface area contributed by atoms with E-state index in [-0.39, 0.29) is 38.5 Å². The first-order valence-corrected chi connectivity index (χ1v) is 53.9. The standard InChI is InChI=1S/C127H154O22/c1-4-7-10-12-16-49-74-111(144-122(133)91-83-102-60-36-25-37-61-102)112(145-123(134)92-84-103-62-38-26-39-63-103)76-50-17-13-20-53-78-117(128)139-98-108(141-119(130)80-55-22-15-18-51-75-110(143-121(132)90-82-101-58-34-24-35-59-101)109(73-48-11-8-5-2)142-120(131)89-81-100-56-32-23-33-57-100)99-140-118(129)79-54-21-14-19-52-77-114(147-125(136)94-86-105-66-42-28-43-67-105)116(149-127(138)96-88-107-70-46-30-47-71-107)97-115(148-126(137)95-87-106-68-44-29-45-69-106)113(72-31-9-6-3)146-124(135)93-85-104-64-40-27-41-65-104/h23-30,32-47,56-71,81-96,108-116H,4-22,31,48-55,72-80,97-99H2,1-3H3/b89-81+,90-82+,91-83+,92-84+,93-85+,94-86+,95-87+,96-88+. The Morgan fingerprint density at radius 3 is 0.564 bits per heavy atom. The van der Waals surface area contributed by atoms with E-state index in [9.17, 15) is 52.7 Å². The summed E-state index contributed by atoms with van der Waals surface area (Å²) in [5, 5.41) is 0. The average molecular weight is 2030 g/mol. The SMILES string of the molecule is CCCCCCCCC(OC(=O)/C=C/c1ccccc1)C(CCCCCCCC(=O)OCC(COC(=O)CCCCCCCC(OC(=O)/C=C/c1ccccc1)C(CC(OC(=O)/C=C/c1ccccc1)C(CCCCC)OC(=O)/C=C/c1ccccc1)OC(=O)/C=C/c1ccccc1)OC(=O)CCCCCCCC(OC(=O)/C=C/c1ccccc1)C(CCCCCC)OC(=O)/C=C/c1ccccc1)OC(=O)/C=C/c1ccccc1. The van der Waals surface area contributed by atoms with Crippen LogP contribution in [0.5, 0.6) is 0 Å². The number of esters is 11. The second-order valence-electron chi connectivity index (χ2n) is 37.3. The van der Waals surface area contributed by atoms with Gasteiger partial charge in [0.15, 0.2) is 6.10 Å². The minimum atomic E-state index is -1.30. The molecule has 0 N–H and O–H groups in total. The molecule has 0 saturated carbocycles. The monoisotopic (exact) mass is 2030 g/mol.